The van der Waals surface area contributed by atoms with Gasteiger partial charge in [0, 0.05) is 36.6 Å². The van der Waals surface area contributed by atoms with Crippen molar-refractivity contribution in [2.45, 2.75) is 38.5 Å². The van der Waals surface area contributed by atoms with Gasteiger partial charge < -0.3 is 15.4 Å². The molecule has 2 fully saturated rings. The lowest BCUT2D eigenvalue weighted by Gasteiger charge is -2.63. The minimum absolute atomic E-state index is 0.0686. The van der Waals surface area contributed by atoms with Gasteiger partial charge in [0.1, 0.15) is 0 Å². The number of benzene rings is 1. The third-order valence-corrected chi connectivity index (χ3v) is 5.49. The van der Waals surface area contributed by atoms with Gasteiger partial charge in [-0.1, -0.05) is 44.2 Å². The molecule has 3 nitrogen and oxygen atoms in total. The maximum absolute atomic E-state index is 6.80. The van der Waals surface area contributed by atoms with E-state index in [1.54, 1.807) is 0 Å². The van der Waals surface area contributed by atoms with E-state index in [1.165, 1.54) is 5.56 Å². The molecular formula is C17H26N2O. The van der Waals surface area contributed by atoms with Crippen LogP contribution in [0.1, 0.15) is 25.8 Å². The molecule has 1 aromatic rings. The molecule has 110 valence electrons. The summed E-state index contributed by atoms with van der Waals surface area (Å²) in [6, 6.07) is 10.6. The average Bonchev–Trinajstić information content (AvgIpc) is 2.88. The number of fused-ring (bicyclic) bond motifs is 1. The van der Waals surface area contributed by atoms with Gasteiger partial charge in [-0.25, -0.2) is 0 Å². The summed E-state index contributed by atoms with van der Waals surface area (Å²) in [4.78, 5) is 2.35. The van der Waals surface area contributed by atoms with E-state index in [2.05, 4.69) is 56.1 Å². The van der Waals surface area contributed by atoms with E-state index in [4.69, 9.17) is 10.5 Å². The fourth-order valence-corrected chi connectivity index (χ4v) is 4.19. The first-order valence-corrected chi connectivity index (χ1v) is 7.58. The monoisotopic (exact) mass is 274 g/mol. The molecule has 3 unspecified atom stereocenters. The van der Waals surface area contributed by atoms with Crippen LogP contribution < -0.4 is 5.73 Å². The molecule has 0 bridgehead atoms. The molecule has 1 saturated carbocycles. The van der Waals surface area contributed by atoms with E-state index in [0.29, 0.717) is 12.0 Å². The zero-order valence-electron chi connectivity index (χ0n) is 12.8. The molecule has 1 heterocycles. The topological polar surface area (TPSA) is 38.5 Å². The van der Waals surface area contributed by atoms with Crippen molar-refractivity contribution in [3.8, 4) is 0 Å². The van der Waals surface area contributed by atoms with E-state index in [0.717, 1.165) is 26.1 Å². The second-order valence-corrected chi connectivity index (χ2v) is 7.11. The molecule has 2 aliphatic rings. The van der Waals surface area contributed by atoms with E-state index in [9.17, 15) is 0 Å². The SMILES string of the molecule is CN(Cc1ccccc1)CC1(N)C2CCOC2C1(C)C. The number of likely N-dealkylation sites (N-methyl/N-ethyl adjacent to an activating group) is 1. The third-order valence-electron chi connectivity index (χ3n) is 5.49. The predicted octanol–water partition coefficient (Wildman–Crippen LogP) is 2.26. The largest absolute Gasteiger partial charge is 0.377 e. The van der Waals surface area contributed by atoms with Gasteiger partial charge in [-0.15, -0.1) is 0 Å². The maximum atomic E-state index is 6.80. The van der Waals surface area contributed by atoms with Crippen LogP contribution in [0.3, 0.4) is 0 Å². The van der Waals surface area contributed by atoms with Gasteiger partial charge in [-0.3, -0.25) is 0 Å². The van der Waals surface area contributed by atoms with Gasteiger partial charge in [0.05, 0.1) is 6.10 Å². The Morgan fingerprint density at radius 3 is 2.70 bits per heavy atom. The highest BCUT2D eigenvalue weighted by atomic mass is 16.5. The van der Waals surface area contributed by atoms with Crippen LogP contribution in [0.2, 0.25) is 0 Å². The molecule has 1 saturated heterocycles. The Bertz CT molecular complexity index is 473. The number of hydrogen-bond donors (Lipinski definition) is 1. The maximum Gasteiger partial charge on any atom is 0.0691 e. The fraction of sp³-hybridized carbons (Fsp3) is 0.647. The van der Waals surface area contributed by atoms with Crippen molar-refractivity contribution in [2.75, 3.05) is 20.2 Å². The van der Waals surface area contributed by atoms with Crippen molar-refractivity contribution in [3.05, 3.63) is 35.9 Å². The summed E-state index contributed by atoms with van der Waals surface area (Å²) in [5.41, 5.74) is 8.08. The van der Waals surface area contributed by atoms with Crippen LogP contribution in [-0.2, 0) is 11.3 Å². The summed E-state index contributed by atoms with van der Waals surface area (Å²) in [5.74, 6) is 0.524. The molecule has 0 radical (unpaired) electrons. The van der Waals surface area contributed by atoms with Crippen molar-refractivity contribution < 1.29 is 4.74 Å². The van der Waals surface area contributed by atoms with Crippen LogP contribution >= 0.6 is 0 Å². The molecule has 0 amide bonds. The van der Waals surface area contributed by atoms with Gasteiger partial charge in [0.25, 0.3) is 0 Å². The van der Waals surface area contributed by atoms with Crippen LogP contribution in [0.5, 0.6) is 0 Å². The quantitative estimate of drug-likeness (QED) is 0.915. The standard InChI is InChI=1S/C17H26N2O/c1-16(2)15-14(9-10-20-15)17(16,18)12-19(3)11-13-7-5-4-6-8-13/h4-8,14-15H,9-12,18H2,1-3H3. The summed E-state index contributed by atoms with van der Waals surface area (Å²) in [5, 5.41) is 0. The molecular weight excluding hydrogens is 248 g/mol. The lowest BCUT2D eigenvalue weighted by atomic mass is 9.48. The van der Waals surface area contributed by atoms with E-state index in [-0.39, 0.29) is 11.0 Å². The number of nitrogens with zero attached hydrogens (tertiary/aromatic N) is 1. The van der Waals surface area contributed by atoms with Gasteiger partial charge in [0.2, 0.25) is 0 Å². The van der Waals surface area contributed by atoms with Crippen LogP contribution in [0.25, 0.3) is 0 Å². The number of nitrogens with two attached hydrogens (primary N) is 1. The molecule has 0 aromatic heterocycles. The molecule has 1 aliphatic heterocycles. The van der Waals surface area contributed by atoms with Gasteiger partial charge >= 0.3 is 0 Å². The Labute approximate surface area is 122 Å². The number of ether oxygens (including phenoxy) is 1. The molecule has 0 spiro atoms. The third kappa shape index (κ3) is 2.00. The Kier molecular flexibility index (Phi) is 3.39. The molecule has 2 N–H and O–H groups in total. The lowest BCUT2D eigenvalue weighted by Crippen LogP contribution is -2.77. The minimum atomic E-state index is -0.127. The molecule has 1 aromatic carbocycles. The summed E-state index contributed by atoms with van der Waals surface area (Å²) in [6.45, 7) is 7.28. The van der Waals surface area contributed by atoms with E-state index >= 15 is 0 Å². The molecule has 3 heteroatoms. The summed E-state index contributed by atoms with van der Waals surface area (Å²) < 4.78 is 5.86. The van der Waals surface area contributed by atoms with Gasteiger partial charge in [-0.2, -0.15) is 0 Å². The summed E-state index contributed by atoms with van der Waals surface area (Å²) in [6.07, 6.45) is 1.47. The number of rotatable bonds is 4. The van der Waals surface area contributed by atoms with Gasteiger partial charge in [-0.05, 0) is 19.0 Å². The Balaban J connectivity index is 1.68. The average molecular weight is 274 g/mol. The van der Waals surface area contributed by atoms with Crippen molar-refractivity contribution in [3.63, 3.8) is 0 Å². The molecule has 1 aliphatic carbocycles. The fourth-order valence-electron chi connectivity index (χ4n) is 4.19. The normalized spacial score (nSPS) is 34.9. The highest BCUT2D eigenvalue weighted by Gasteiger charge is 2.67. The van der Waals surface area contributed by atoms with E-state index in [1.807, 2.05) is 0 Å². The second kappa shape index (κ2) is 4.83. The lowest BCUT2D eigenvalue weighted by molar-refractivity contribution is -0.162. The van der Waals surface area contributed by atoms with Crippen LogP contribution in [0.4, 0.5) is 0 Å². The Morgan fingerprint density at radius 2 is 2.00 bits per heavy atom. The van der Waals surface area contributed by atoms with E-state index < -0.39 is 0 Å². The Hall–Kier alpha value is -0.900. The first kappa shape index (κ1) is 14.1. The number of hydrogen-bond acceptors (Lipinski definition) is 3. The van der Waals surface area contributed by atoms with Gasteiger partial charge in [0.15, 0.2) is 0 Å². The summed E-state index contributed by atoms with van der Waals surface area (Å²) in [7, 11) is 2.17. The Morgan fingerprint density at radius 1 is 1.30 bits per heavy atom. The van der Waals surface area contributed by atoms with Crippen molar-refractivity contribution in [1.82, 2.24) is 4.90 Å². The zero-order chi connectivity index (χ0) is 14.4. The minimum Gasteiger partial charge on any atom is -0.377 e. The van der Waals surface area contributed by atoms with Crippen LogP contribution in [-0.4, -0.2) is 36.7 Å². The van der Waals surface area contributed by atoms with Crippen LogP contribution in [0, 0.1) is 11.3 Å². The molecule has 20 heavy (non-hydrogen) atoms. The molecule has 3 atom stereocenters. The first-order valence-electron chi connectivity index (χ1n) is 7.58. The zero-order valence-corrected chi connectivity index (χ0v) is 12.8. The van der Waals surface area contributed by atoms with Crippen molar-refractivity contribution in [1.29, 1.82) is 0 Å². The highest BCUT2D eigenvalue weighted by Crippen LogP contribution is 2.58. The van der Waals surface area contributed by atoms with Crippen molar-refractivity contribution >= 4 is 0 Å². The predicted molar refractivity (Wildman–Crippen MR) is 81.3 cm³/mol. The molecule has 3 rings (SSSR count). The first-order chi connectivity index (χ1) is 9.45. The van der Waals surface area contributed by atoms with Crippen LogP contribution in [0.15, 0.2) is 30.3 Å². The smallest absolute Gasteiger partial charge is 0.0691 e. The second-order valence-electron chi connectivity index (χ2n) is 7.11. The van der Waals surface area contributed by atoms with Crippen molar-refractivity contribution in [2.24, 2.45) is 17.1 Å². The summed E-state index contributed by atoms with van der Waals surface area (Å²) >= 11 is 0. The highest BCUT2D eigenvalue weighted by molar-refractivity contribution is 5.22.